The van der Waals surface area contributed by atoms with Crippen LogP contribution in [0.4, 0.5) is 0 Å². The average Bonchev–Trinajstić information content (AvgIpc) is 2.36. The van der Waals surface area contributed by atoms with Crippen molar-refractivity contribution in [2.75, 3.05) is 0 Å². The Morgan fingerprint density at radius 3 is 1.82 bits per heavy atom. The van der Waals surface area contributed by atoms with Crippen LogP contribution in [0.2, 0.25) is 0 Å². The number of hydrogen-bond acceptors (Lipinski definition) is 5. The molecule has 0 N–H and O–H groups in total. The molecule has 0 saturated carbocycles. The van der Waals surface area contributed by atoms with Crippen molar-refractivity contribution in [3.8, 4) is 6.07 Å². The van der Waals surface area contributed by atoms with Crippen LogP contribution in [0.25, 0.3) is 0 Å². The van der Waals surface area contributed by atoms with Gasteiger partial charge in [0.15, 0.2) is 0 Å². The number of pyridine rings is 1. The topological polar surface area (TPSA) is 64.4 Å². The molecule has 0 aliphatic rings. The summed E-state index contributed by atoms with van der Waals surface area (Å²) in [5.41, 5.74) is 1.00. The van der Waals surface area contributed by atoms with E-state index in [0.717, 1.165) is 0 Å². The van der Waals surface area contributed by atoms with Crippen molar-refractivity contribution in [2.45, 2.75) is 59.9 Å². The predicted molar refractivity (Wildman–Crippen MR) is 83.0 cm³/mol. The summed E-state index contributed by atoms with van der Waals surface area (Å²) in [6.45, 7) is 9.28. The maximum absolute atomic E-state index is 9.08. The summed E-state index contributed by atoms with van der Waals surface area (Å²) in [7, 11) is 0. The molecule has 116 valence electrons. The van der Waals surface area contributed by atoms with E-state index in [1.165, 1.54) is 0 Å². The van der Waals surface area contributed by atoms with E-state index >= 15 is 0 Å². The molecule has 0 spiro atoms. The van der Waals surface area contributed by atoms with E-state index in [4.69, 9.17) is 19.2 Å². The first kappa shape index (κ1) is 21.2. The molecule has 0 radical (unpaired) electrons. The Kier molecular flexibility index (Phi) is 9.00. The van der Waals surface area contributed by atoms with Gasteiger partial charge in [-0.2, -0.15) is 5.26 Å². The van der Waals surface area contributed by atoms with Crippen LogP contribution >= 0.6 is 0 Å². The van der Waals surface area contributed by atoms with Crippen molar-refractivity contribution in [3.63, 3.8) is 0 Å². The van der Waals surface area contributed by atoms with Gasteiger partial charge >= 0.3 is 25.6 Å². The van der Waals surface area contributed by atoms with Crippen molar-refractivity contribution < 1.29 is 32.8 Å². The van der Waals surface area contributed by atoms with Gasteiger partial charge in [-0.05, 0) is 53.2 Å². The molecule has 1 heterocycles. The van der Waals surface area contributed by atoms with E-state index < -0.39 is 6.75 Å². The zero-order valence-corrected chi connectivity index (χ0v) is 14.7. The Morgan fingerprint density at radius 1 is 1.00 bits per heavy atom. The van der Waals surface area contributed by atoms with Crippen molar-refractivity contribution >= 4 is 12.3 Å². The van der Waals surface area contributed by atoms with Crippen molar-refractivity contribution in [1.82, 2.24) is 4.98 Å². The first-order valence-corrected chi connectivity index (χ1v) is 7.32. The third-order valence-electron chi connectivity index (χ3n) is 2.63. The smallest absolute Gasteiger partial charge is 0.538 e. The van der Waals surface area contributed by atoms with Gasteiger partial charge in [0.1, 0.15) is 0 Å². The Balaban J connectivity index is 0.00000441. The third kappa shape index (κ3) is 6.12. The Labute approximate surface area is 145 Å². The van der Waals surface area contributed by atoms with Gasteiger partial charge in [-0.15, -0.1) is 0 Å². The third-order valence-corrected chi connectivity index (χ3v) is 2.63. The average molecular weight is 298 g/mol. The van der Waals surface area contributed by atoms with E-state index in [1.54, 1.807) is 18.3 Å². The largest absolute Gasteiger partial charge is 1.00 e. The molecule has 0 saturated heterocycles. The second-order valence-electron chi connectivity index (χ2n) is 5.78. The maximum Gasteiger partial charge on any atom is 1.00 e. The fourth-order valence-electron chi connectivity index (χ4n) is 2.09. The molecule has 0 aliphatic carbocycles. The molecule has 7 heteroatoms. The maximum atomic E-state index is 9.08. The van der Waals surface area contributed by atoms with Gasteiger partial charge in [0, 0.05) is 24.5 Å². The van der Waals surface area contributed by atoms with Gasteiger partial charge in [0.05, 0.1) is 11.6 Å². The number of nitrogens with zero attached hydrogens (tertiary/aromatic N) is 2. The second kappa shape index (κ2) is 9.35. The van der Waals surface area contributed by atoms with Crippen LogP contribution in [0, 0.1) is 11.3 Å². The first-order valence-electron chi connectivity index (χ1n) is 7.32. The predicted octanol–water partition coefficient (Wildman–Crippen LogP) is -0.622. The molecule has 0 aromatic carbocycles. The molecular weight excluding hydrogens is 274 g/mol. The number of nitriles is 1. The van der Waals surface area contributed by atoms with E-state index in [2.05, 4.69) is 11.1 Å². The van der Waals surface area contributed by atoms with E-state index in [1.807, 2.05) is 41.5 Å². The molecule has 22 heavy (non-hydrogen) atoms. The fraction of sp³-hybridized carbons (Fsp3) is 0.600. The molecule has 0 bridgehead atoms. The minimum atomic E-state index is -2.20. The molecule has 0 unspecified atom stereocenters. The molecule has 0 amide bonds. The summed E-state index contributed by atoms with van der Waals surface area (Å²) >= 11 is 0. The van der Waals surface area contributed by atoms with Gasteiger partial charge in [0.25, 0.3) is 0 Å². The summed E-state index contributed by atoms with van der Waals surface area (Å²) in [5.74, 6) is 0. The number of hydrogen-bond donors (Lipinski definition) is 0. The number of aromatic nitrogens is 1. The Hall–Kier alpha value is -0.818. The van der Waals surface area contributed by atoms with Crippen LogP contribution in [0.1, 0.15) is 47.1 Å². The first-order chi connectivity index (χ1) is 9.79. The minimum Gasteiger partial charge on any atom is -0.538 e. The Morgan fingerprint density at radius 2 is 1.45 bits per heavy atom. The van der Waals surface area contributed by atoms with Gasteiger partial charge in [0.2, 0.25) is 0 Å². The molecular formula is C15H24BLiN2O3. The Bertz CT molecular complexity index is 477. The zero-order chi connectivity index (χ0) is 16.0. The van der Waals surface area contributed by atoms with Crippen molar-refractivity contribution in [2.24, 2.45) is 0 Å². The van der Waals surface area contributed by atoms with Crippen LogP contribution in [0.15, 0.2) is 18.3 Å². The monoisotopic (exact) mass is 298 g/mol. The summed E-state index contributed by atoms with van der Waals surface area (Å²) in [5, 5.41) is 9.08. The SMILES string of the molecule is CC(C)O[B-](OC(C)C)(OC(C)C)c1cc(C#N)ccn1.[Li+]. The van der Waals surface area contributed by atoms with Gasteiger partial charge in [-0.1, -0.05) is 6.07 Å². The van der Waals surface area contributed by atoms with Gasteiger partial charge in [-0.3, -0.25) is 4.98 Å². The van der Waals surface area contributed by atoms with Gasteiger partial charge in [-0.25, -0.2) is 0 Å². The molecule has 5 nitrogen and oxygen atoms in total. The molecule has 0 fully saturated rings. The summed E-state index contributed by atoms with van der Waals surface area (Å²) < 4.78 is 18.0. The minimum absolute atomic E-state index is 0. The van der Waals surface area contributed by atoms with Crippen molar-refractivity contribution in [3.05, 3.63) is 23.9 Å². The standard InChI is InChI=1S/C15H24BN2O3.Li/c1-11(2)19-16(20-12(3)4,21-13(5)6)15-9-14(10-17)7-8-18-15;/h7-9,11-13H,1-6H3;/q-1;+1. The molecule has 1 aromatic rings. The van der Waals surface area contributed by atoms with Crippen LogP contribution in [0.3, 0.4) is 0 Å². The molecule has 0 aliphatic heterocycles. The molecule has 1 rings (SSSR count). The summed E-state index contributed by atoms with van der Waals surface area (Å²) in [6.07, 6.45) is 1.27. The van der Waals surface area contributed by atoms with Crippen LogP contribution < -0.4 is 24.5 Å². The van der Waals surface area contributed by atoms with Crippen LogP contribution in [0.5, 0.6) is 0 Å². The van der Waals surface area contributed by atoms with Crippen LogP contribution in [-0.2, 0) is 14.0 Å². The summed E-state index contributed by atoms with van der Waals surface area (Å²) in [4.78, 5) is 4.32. The van der Waals surface area contributed by atoms with E-state index in [-0.39, 0.29) is 37.2 Å². The zero-order valence-electron chi connectivity index (χ0n) is 14.7. The second-order valence-corrected chi connectivity index (χ2v) is 5.78. The van der Waals surface area contributed by atoms with Gasteiger partial charge < -0.3 is 14.0 Å². The van der Waals surface area contributed by atoms with E-state index in [0.29, 0.717) is 11.2 Å². The van der Waals surface area contributed by atoms with Crippen LogP contribution in [-0.4, -0.2) is 30.1 Å². The fourth-order valence-corrected chi connectivity index (χ4v) is 2.09. The van der Waals surface area contributed by atoms with Crippen molar-refractivity contribution in [1.29, 1.82) is 5.26 Å². The summed E-state index contributed by atoms with van der Waals surface area (Å²) in [6, 6.07) is 5.41. The normalized spacial score (nSPS) is 11.6. The quantitative estimate of drug-likeness (QED) is 0.628. The molecule has 0 atom stereocenters. The number of rotatable bonds is 7. The molecule has 1 aromatic heterocycles. The van der Waals surface area contributed by atoms with E-state index in [9.17, 15) is 0 Å².